The first-order valence-electron chi connectivity index (χ1n) is 14.3. The predicted octanol–water partition coefficient (Wildman–Crippen LogP) is 8.05. The molecular weight excluding hydrogens is 688 g/mol. The summed E-state index contributed by atoms with van der Waals surface area (Å²) in [7, 11) is -4.34. The SMILES string of the molecule is CC(C)(C)NC(=O)[C@@H](Cc1ccccc1)N(Cc1ccc(Cl)c(Cl)c1)C(=O)CN(c1cc(Cl)ccc1Cl)S(=O)(=O)c1ccccc1. The van der Waals surface area contributed by atoms with E-state index in [2.05, 4.69) is 5.32 Å². The maximum absolute atomic E-state index is 14.6. The van der Waals surface area contributed by atoms with Gasteiger partial charge < -0.3 is 10.2 Å². The van der Waals surface area contributed by atoms with Gasteiger partial charge in [-0.05, 0) is 74.4 Å². The van der Waals surface area contributed by atoms with Crippen molar-refractivity contribution in [1.82, 2.24) is 10.2 Å². The molecule has 0 radical (unpaired) electrons. The van der Waals surface area contributed by atoms with Crippen LogP contribution in [-0.2, 0) is 32.6 Å². The van der Waals surface area contributed by atoms with Gasteiger partial charge in [-0.25, -0.2) is 8.42 Å². The van der Waals surface area contributed by atoms with Crippen LogP contribution in [0.15, 0.2) is 102 Å². The van der Waals surface area contributed by atoms with E-state index in [0.717, 1.165) is 9.87 Å². The van der Waals surface area contributed by atoms with Crippen molar-refractivity contribution in [3.63, 3.8) is 0 Å². The number of sulfonamides is 1. The molecule has 0 spiro atoms. The Morgan fingerprint density at radius 3 is 1.98 bits per heavy atom. The van der Waals surface area contributed by atoms with Crippen molar-refractivity contribution in [1.29, 1.82) is 0 Å². The molecule has 0 unspecified atom stereocenters. The normalized spacial score (nSPS) is 12.3. The standard InChI is InChI=1S/C34H33Cl4N3O4S/c1-34(2,3)39-33(43)31(19-23-10-6-4-7-11-23)40(21-24-14-16-27(36)29(38)18-24)32(42)22-41(30-20-25(35)15-17-28(30)37)46(44,45)26-12-8-5-9-13-26/h4-18,20,31H,19,21-22H2,1-3H3,(H,39,43)/t31-/m1/s1. The number of rotatable bonds is 11. The third-order valence-electron chi connectivity index (χ3n) is 6.89. The lowest BCUT2D eigenvalue weighted by Gasteiger charge is -2.35. The number of benzene rings is 4. The third-order valence-corrected chi connectivity index (χ3v) is 9.96. The van der Waals surface area contributed by atoms with Crippen LogP contribution in [0.3, 0.4) is 0 Å². The van der Waals surface area contributed by atoms with Gasteiger partial charge in [0.1, 0.15) is 12.6 Å². The van der Waals surface area contributed by atoms with Crippen LogP contribution in [0.1, 0.15) is 31.9 Å². The van der Waals surface area contributed by atoms with Crippen LogP contribution in [0.2, 0.25) is 20.1 Å². The minimum Gasteiger partial charge on any atom is -0.350 e. The maximum Gasteiger partial charge on any atom is 0.264 e. The number of amides is 2. The minimum absolute atomic E-state index is 0.0135. The van der Waals surface area contributed by atoms with Gasteiger partial charge in [-0.1, -0.05) is 101 Å². The van der Waals surface area contributed by atoms with Crippen molar-refractivity contribution in [2.24, 2.45) is 0 Å². The average molecular weight is 722 g/mol. The molecule has 1 N–H and O–H groups in total. The number of hydrogen-bond donors (Lipinski definition) is 1. The summed E-state index contributed by atoms with van der Waals surface area (Å²) in [6.45, 7) is 4.75. The molecule has 12 heteroatoms. The van der Waals surface area contributed by atoms with Crippen molar-refractivity contribution < 1.29 is 18.0 Å². The Bertz CT molecular complexity index is 1800. The van der Waals surface area contributed by atoms with Crippen LogP contribution in [0, 0.1) is 0 Å². The summed E-state index contributed by atoms with van der Waals surface area (Å²) >= 11 is 25.3. The van der Waals surface area contributed by atoms with Gasteiger partial charge in [0, 0.05) is 23.5 Å². The van der Waals surface area contributed by atoms with Crippen LogP contribution in [0.4, 0.5) is 5.69 Å². The lowest BCUT2D eigenvalue weighted by Crippen LogP contribution is -2.56. The highest BCUT2D eigenvalue weighted by atomic mass is 35.5. The van der Waals surface area contributed by atoms with Crippen molar-refractivity contribution in [2.75, 3.05) is 10.8 Å². The molecule has 0 aliphatic carbocycles. The second kappa shape index (κ2) is 15.1. The van der Waals surface area contributed by atoms with E-state index in [1.807, 2.05) is 51.1 Å². The van der Waals surface area contributed by atoms with Crippen molar-refractivity contribution in [2.45, 2.75) is 50.2 Å². The van der Waals surface area contributed by atoms with Gasteiger partial charge in [-0.2, -0.15) is 0 Å². The van der Waals surface area contributed by atoms with E-state index < -0.39 is 40.0 Å². The Balaban J connectivity index is 1.86. The number of anilines is 1. The fourth-order valence-corrected chi connectivity index (χ4v) is 6.95. The monoisotopic (exact) mass is 719 g/mol. The zero-order valence-corrected chi connectivity index (χ0v) is 29.2. The number of nitrogens with one attached hydrogen (secondary N) is 1. The number of carbonyl (C=O) groups is 2. The van der Waals surface area contributed by atoms with Crippen molar-refractivity contribution in [3.8, 4) is 0 Å². The predicted molar refractivity (Wildman–Crippen MR) is 186 cm³/mol. The lowest BCUT2D eigenvalue weighted by atomic mass is 10.0. The minimum atomic E-state index is -4.34. The molecule has 2 amide bonds. The molecule has 0 saturated carbocycles. The molecule has 0 saturated heterocycles. The molecule has 4 aromatic carbocycles. The Labute approximate surface area is 290 Å². The Morgan fingerprint density at radius 1 is 0.761 bits per heavy atom. The first kappa shape index (κ1) is 35.6. The van der Waals surface area contributed by atoms with Crippen LogP contribution >= 0.6 is 46.4 Å². The smallest absolute Gasteiger partial charge is 0.264 e. The van der Waals surface area contributed by atoms with Gasteiger partial charge >= 0.3 is 0 Å². The van der Waals surface area contributed by atoms with Gasteiger partial charge in [0.25, 0.3) is 10.0 Å². The summed E-state index contributed by atoms with van der Waals surface area (Å²) < 4.78 is 29.2. The molecule has 242 valence electrons. The molecule has 0 bridgehead atoms. The van der Waals surface area contributed by atoms with E-state index in [1.54, 1.807) is 36.4 Å². The third kappa shape index (κ3) is 9.17. The zero-order chi connectivity index (χ0) is 33.6. The summed E-state index contributed by atoms with van der Waals surface area (Å²) in [5, 5.41) is 3.87. The topological polar surface area (TPSA) is 86.8 Å². The molecule has 46 heavy (non-hydrogen) atoms. The zero-order valence-electron chi connectivity index (χ0n) is 25.4. The Kier molecular flexibility index (Phi) is 11.7. The summed E-state index contributed by atoms with van der Waals surface area (Å²) in [6, 6.07) is 25.2. The highest BCUT2D eigenvalue weighted by molar-refractivity contribution is 7.92. The van der Waals surface area contributed by atoms with E-state index in [4.69, 9.17) is 46.4 Å². The molecule has 0 aliphatic rings. The summed E-state index contributed by atoms with van der Waals surface area (Å²) in [6.07, 6.45) is 0.152. The molecule has 4 aromatic rings. The van der Waals surface area contributed by atoms with Gasteiger partial charge in [0.05, 0.1) is 25.7 Å². The molecular formula is C34H33Cl4N3O4S. The van der Waals surface area contributed by atoms with Gasteiger partial charge in [-0.3, -0.25) is 13.9 Å². The fourth-order valence-electron chi connectivity index (χ4n) is 4.75. The first-order chi connectivity index (χ1) is 21.7. The van der Waals surface area contributed by atoms with E-state index >= 15 is 0 Å². The molecule has 0 fully saturated rings. The van der Waals surface area contributed by atoms with Crippen LogP contribution in [-0.4, -0.2) is 43.3 Å². The summed E-state index contributed by atoms with van der Waals surface area (Å²) in [5.74, 6) is -1.07. The summed E-state index contributed by atoms with van der Waals surface area (Å²) in [5.41, 5.74) is 0.777. The van der Waals surface area contributed by atoms with E-state index in [-0.39, 0.29) is 38.6 Å². The Hall–Kier alpha value is -3.27. The molecule has 0 aromatic heterocycles. The molecule has 7 nitrogen and oxygen atoms in total. The molecule has 0 aliphatic heterocycles. The van der Waals surface area contributed by atoms with E-state index in [0.29, 0.717) is 10.6 Å². The van der Waals surface area contributed by atoms with Crippen LogP contribution < -0.4 is 9.62 Å². The number of carbonyl (C=O) groups excluding carboxylic acids is 2. The first-order valence-corrected chi connectivity index (χ1v) is 17.2. The lowest BCUT2D eigenvalue weighted by molar-refractivity contribution is -0.140. The van der Waals surface area contributed by atoms with Crippen LogP contribution in [0.25, 0.3) is 0 Å². The maximum atomic E-state index is 14.6. The van der Waals surface area contributed by atoms with Crippen molar-refractivity contribution >= 4 is 73.9 Å². The second-order valence-corrected chi connectivity index (χ2v) is 15.2. The average Bonchev–Trinajstić information content (AvgIpc) is 3.00. The van der Waals surface area contributed by atoms with Gasteiger partial charge in [-0.15, -0.1) is 0 Å². The van der Waals surface area contributed by atoms with Crippen LogP contribution in [0.5, 0.6) is 0 Å². The molecule has 0 heterocycles. The molecule has 1 atom stereocenters. The molecule has 4 rings (SSSR count). The number of hydrogen-bond acceptors (Lipinski definition) is 4. The fraction of sp³-hybridized carbons (Fsp3) is 0.235. The van der Waals surface area contributed by atoms with Gasteiger partial charge in [0.15, 0.2) is 0 Å². The van der Waals surface area contributed by atoms with E-state index in [9.17, 15) is 18.0 Å². The second-order valence-electron chi connectivity index (χ2n) is 11.6. The summed E-state index contributed by atoms with van der Waals surface area (Å²) in [4.78, 5) is 29.8. The largest absolute Gasteiger partial charge is 0.350 e. The number of nitrogens with zero attached hydrogens (tertiary/aromatic N) is 2. The highest BCUT2D eigenvalue weighted by Gasteiger charge is 2.36. The van der Waals surface area contributed by atoms with Gasteiger partial charge in [0.2, 0.25) is 11.8 Å². The highest BCUT2D eigenvalue weighted by Crippen LogP contribution is 2.33. The van der Waals surface area contributed by atoms with E-state index in [1.165, 1.54) is 35.2 Å². The quantitative estimate of drug-likeness (QED) is 0.170. The Morgan fingerprint density at radius 2 is 1.37 bits per heavy atom. The number of halogens is 4. The van der Waals surface area contributed by atoms with Crippen molar-refractivity contribution in [3.05, 3.63) is 128 Å².